The van der Waals surface area contributed by atoms with Crippen molar-refractivity contribution in [3.05, 3.63) is 0 Å². The van der Waals surface area contributed by atoms with Gasteiger partial charge in [0.05, 0.1) is 0 Å². The van der Waals surface area contributed by atoms with Crippen LogP contribution in [0.5, 0.6) is 0 Å². The molecule has 1 aliphatic heterocycles. The van der Waals surface area contributed by atoms with E-state index in [0.717, 1.165) is 25.7 Å². The minimum absolute atomic E-state index is 0.423. The Labute approximate surface area is 87.8 Å². The van der Waals surface area contributed by atoms with Crippen LogP contribution in [0, 0.1) is 12.3 Å². The predicted octanol–water partition coefficient (Wildman–Crippen LogP) is 1.60. The van der Waals surface area contributed by atoms with Gasteiger partial charge in [0.1, 0.15) is 0 Å². The van der Waals surface area contributed by atoms with Crippen molar-refractivity contribution in [3.63, 3.8) is 0 Å². The molecule has 2 N–H and O–H groups in total. The molecule has 0 saturated carbocycles. The molecule has 0 spiro atoms. The van der Waals surface area contributed by atoms with Gasteiger partial charge in [0.25, 0.3) is 0 Å². The fourth-order valence-corrected chi connectivity index (χ4v) is 2.13. The third kappa shape index (κ3) is 3.69. The van der Waals surface area contributed by atoms with E-state index in [1.807, 2.05) is 0 Å². The van der Waals surface area contributed by atoms with Crippen LogP contribution in [-0.2, 0) is 0 Å². The molecule has 0 aromatic carbocycles. The summed E-state index contributed by atoms with van der Waals surface area (Å²) in [4.78, 5) is 2.54. The summed E-state index contributed by atoms with van der Waals surface area (Å²) in [5.41, 5.74) is 5.91. The van der Waals surface area contributed by atoms with Crippen LogP contribution in [0.3, 0.4) is 0 Å². The van der Waals surface area contributed by atoms with Gasteiger partial charge in [0.2, 0.25) is 0 Å². The van der Waals surface area contributed by atoms with Gasteiger partial charge in [0, 0.05) is 18.5 Å². The number of terminal acetylenes is 1. The van der Waals surface area contributed by atoms with Crippen molar-refractivity contribution >= 4 is 0 Å². The van der Waals surface area contributed by atoms with Crippen molar-refractivity contribution in [2.24, 2.45) is 5.73 Å². The molecular formula is C12H22N2. The molecule has 14 heavy (non-hydrogen) atoms. The number of hydrogen-bond donors (Lipinski definition) is 1. The van der Waals surface area contributed by atoms with Gasteiger partial charge in [-0.25, -0.2) is 0 Å². The van der Waals surface area contributed by atoms with Crippen molar-refractivity contribution < 1.29 is 0 Å². The maximum atomic E-state index is 5.91. The van der Waals surface area contributed by atoms with Crippen molar-refractivity contribution in [2.45, 2.75) is 51.1 Å². The molecule has 1 rings (SSSR count). The van der Waals surface area contributed by atoms with Gasteiger partial charge in [-0.1, -0.05) is 0 Å². The van der Waals surface area contributed by atoms with Crippen molar-refractivity contribution in [1.82, 2.24) is 4.90 Å². The number of rotatable bonds is 4. The van der Waals surface area contributed by atoms with E-state index in [0.29, 0.717) is 12.1 Å². The molecule has 0 aromatic heterocycles. The van der Waals surface area contributed by atoms with Crippen LogP contribution in [0.15, 0.2) is 0 Å². The molecule has 1 fully saturated rings. The Kier molecular flexibility index (Phi) is 5.00. The minimum atomic E-state index is 0.423. The molecule has 1 aliphatic rings. The Hall–Kier alpha value is -0.520. The maximum absolute atomic E-state index is 5.91. The van der Waals surface area contributed by atoms with E-state index in [2.05, 4.69) is 17.7 Å². The molecule has 0 amide bonds. The molecule has 1 saturated heterocycles. The molecule has 0 aliphatic carbocycles. The van der Waals surface area contributed by atoms with Crippen LogP contribution >= 0.6 is 0 Å². The monoisotopic (exact) mass is 194 g/mol. The van der Waals surface area contributed by atoms with E-state index in [1.165, 1.54) is 19.5 Å². The predicted molar refractivity (Wildman–Crippen MR) is 60.9 cm³/mol. The molecule has 0 aromatic rings. The number of nitrogens with two attached hydrogens (primary N) is 1. The van der Waals surface area contributed by atoms with E-state index in [4.69, 9.17) is 12.2 Å². The highest BCUT2D eigenvalue weighted by Gasteiger charge is 2.21. The molecule has 2 nitrogen and oxygen atoms in total. The van der Waals surface area contributed by atoms with Crippen molar-refractivity contribution in [2.75, 3.05) is 13.1 Å². The molecule has 2 unspecified atom stereocenters. The van der Waals surface area contributed by atoms with Crippen molar-refractivity contribution in [3.8, 4) is 12.3 Å². The van der Waals surface area contributed by atoms with Gasteiger partial charge in [-0.05, 0) is 45.7 Å². The summed E-state index contributed by atoms with van der Waals surface area (Å²) in [6, 6.07) is 1.08. The fourth-order valence-electron chi connectivity index (χ4n) is 2.13. The van der Waals surface area contributed by atoms with Crippen molar-refractivity contribution in [1.29, 1.82) is 0 Å². The van der Waals surface area contributed by atoms with E-state index in [-0.39, 0.29) is 0 Å². The largest absolute Gasteiger partial charge is 0.328 e. The second-order valence-corrected chi connectivity index (χ2v) is 4.33. The van der Waals surface area contributed by atoms with Crippen LogP contribution in [0.25, 0.3) is 0 Å². The first-order valence-corrected chi connectivity index (χ1v) is 5.67. The molecule has 2 heteroatoms. The number of likely N-dealkylation sites (tertiary alicyclic amines) is 1. The average Bonchev–Trinajstić information content (AvgIpc) is 2.15. The Morgan fingerprint density at radius 2 is 2.29 bits per heavy atom. The first-order chi connectivity index (χ1) is 6.74. The summed E-state index contributed by atoms with van der Waals surface area (Å²) in [5.74, 6) is 2.69. The Morgan fingerprint density at radius 1 is 1.50 bits per heavy atom. The minimum Gasteiger partial charge on any atom is -0.328 e. The molecule has 0 radical (unpaired) electrons. The Bertz CT molecular complexity index is 195. The zero-order chi connectivity index (χ0) is 10.4. The highest BCUT2D eigenvalue weighted by atomic mass is 15.2. The number of hydrogen-bond acceptors (Lipinski definition) is 2. The van der Waals surface area contributed by atoms with Crippen LogP contribution in [-0.4, -0.2) is 30.1 Å². The highest BCUT2D eigenvalue weighted by Crippen LogP contribution is 2.16. The van der Waals surface area contributed by atoms with E-state index >= 15 is 0 Å². The van der Waals surface area contributed by atoms with E-state index in [1.54, 1.807) is 0 Å². The first-order valence-electron chi connectivity index (χ1n) is 5.67. The lowest BCUT2D eigenvalue weighted by molar-refractivity contribution is 0.145. The Morgan fingerprint density at radius 3 is 2.93 bits per heavy atom. The highest BCUT2D eigenvalue weighted by molar-refractivity contribution is 4.84. The molecule has 0 bridgehead atoms. The smallest absolute Gasteiger partial charge is 0.00865 e. The third-order valence-electron chi connectivity index (χ3n) is 3.07. The fraction of sp³-hybridized carbons (Fsp3) is 0.833. The van der Waals surface area contributed by atoms with Gasteiger partial charge >= 0.3 is 0 Å². The number of piperidine rings is 1. The standard InChI is InChI=1S/C12H22N2/c1-3-4-5-6-8-14-9-7-12(13)10-11(14)2/h1,11-12H,4-10,13H2,2H3. The molecule has 1 heterocycles. The summed E-state index contributed by atoms with van der Waals surface area (Å²) in [7, 11) is 0. The zero-order valence-electron chi connectivity index (χ0n) is 9.21. The van der Waals surface area contributed by atoms with Crippen LogP contribution in [0.2, 0.25) is 0 Å². The quantitative estimate of drug-likeness (QED) is 0.544. The number of nitrogens with zero attached hydrogens (tertiary/aromatic N) is 1. The average molecular weight is 194 g/mol. The topological polar surface area (TPSA) is 29.3 Å². The lowest BCUT2D eigenvalue weighted by Gasteiger charge is -2.36. The first kappa shape index (κ1) is 11.6. The van der Waals surface area contributed by atoms with Crippen LogP contribution in [0.4, 0.5) is 0 Å². The van der Waals surface area contributed by atoms with E-state index in [9.17, 15) is 0 Å². The molecule has 2 atom stereocenters. The SMILES string of the molecule is C#CCCCCN1CCC(N)CC1C. The summed E-state index contributed by atoms with van der Waals surface area (Å²) in [6.45, 7) is 4.63. The van der Waals surface area contributed by atoms with Crippen LogP contribution < -0.4 is 5.73 Å². The molecule has 80 valence electrons. The van der Waals surface area contributed by atoms with E-state index < -0.39 is 0 Å². The zero-order valence-corrected chi connectivity index (χ0v) is 9.21. The summed E-state index contributed by atoms with van der Waals surface area (Å²) >= 11 is 0. The maximum Gasteiger partial charge on any atom is 0.00865 e. The van der Waals surface area contributed by atoms with Gasteiger partial charge in [0.15, 0.2) is 0 Å². The molecular weight excluding hydrogens is 172 g/mol. The van der Waals surface area contributed by atoms with Gasteiger partial charge < -0.3 is 10.6 Å². The lowest BCUT2D eigenvalue weighted by atomic mass is 9.99. The lowest BCUT2D eigenvalue weighted by Crippen LogP contribution is -2.45. The van der Waals surface area contributed by atoms with Gasteiger partial charge in [-0.3, -0.25) is 0 Å². The normalized spacial score (nSPS) is 28.6. The third-order valence-corrected chi connectivity index (χ3v) is 3.07. The summed E-state index contributed by atoms with van der Waals surface area (Å²) in [5, 5.41) is 0. The Balaban J connectivity index is 2.15. The summed E-state index contributed by atoms with van der Waals surface area (Å²) in [6.07, 6.45) is 10.8. The second kappa shape index (κ2) is 6.06. The number of unbranched alkanes of at least 4 members (excludes halogenated alkanes) is 2. The van der Waals surface area contributed by atoms with Gasteiger partial charge in [-0.15, -0.1) is 12.3 Å². The van der Waals surface area contributed by atoms with Crippen LogP contribution in [0.1, 0.15) is 39.0 Å². The second-order valence-electron chi connectivity index (χ2n) is 4.33. The van der Waals surface area contributed by atoms with Gasteiger partial charge in [-0.2, -0.15) is 0 Å². The summed E-state index contributed by atoms with van der Waals surface area (Å²) < 4.78 is 0.